The maximum atomic E-state index is 11.1. The lowest BCUT2D eigenvalue weighted by molar-refractivity contribution is -0.129. The normalized spacial score (nSPS) is 10.9. The first-order valence-electron chi connectivity index (χ1n) is 4.35. The number of carbonyl (C=O) groups is 1. The van der Waals surface area contributed by atoms with E-state index in [0.29, 0.717) is 11.5 Å². The van der Waals surface area contributed by atoms with Crippen LogP contribution in [0.4, 0.5) is 0 Å². The molecular formula is C11H12O4. The predicted molar refractivity (Wildman–Crippen MR) is 55.0 cm³/mol. The van der Waals surface area contributed by atoms with Gasteiger partial charge in [0.2, 0.25) is 0 Å². The number of methoxy groups -OCH3 is 1. The Balaban J connectivity index is 2.65. The monoisotopic (exact) mass is 208 g/mol. The Hall–Kier alpha value is -1.97. The number of rotatable bonds is 3. The molecule has 0 saturated carbocycles. The molecule has 15 heavy (non-hydrogen) atoms. The van der Waals surface area contributed by atoms with Crippen molar-refractivity contribution in [2.75, 3.05) is 7.11 Å². The molecule has 0 unspecified atom stereocenters. The Morgan fingerprint density at radius 3 is 2.27 bits per heavy atom. The second kappa shape index (κ2) is 5.05. The third kappa shape index (κ3) is 3.72. The average Bonchev–Trinajstić information content (AvgIpc) is 2.17. The second-order valence-corrected chi connectivity index (χ2v) is 2.88. The van der Waals surface area contributed by atoms with Crippen LogP contribution in [0.3, 0.4) is 0 Å². The zero-order valence-corrected chi connectivity index (χ0v) is 8.56. The molecule has 0 aliphatic rings. The Morgan fingerprint density at radius 1 is 1.27 bits per heavy atom. The molecule has 0 atom stereocenters. The lowest BCUT2D eigenvalue weighted by atomic mass is 10.3. The number of hydrogen-bond donors (Lipinski definition) is 1. The fourth-order valence-corrected chi connectivity index (χ4v) is 0.960. The SMILES string of the molecule is COc1ccc(OC(=O)/C=C(/C)O)cc1. The summed E-state index contributed by atoms with van der Waals surface area (Å²) in [7, 11) is 1.55. The maximum Gasteiger partial charge on any atom is 0.339 e. The smallest absolute Gasteiger partial charge is 0.339 e. The summed E-state index contributed by atoms with van der Waals surface area (Å²) in [6.07, 6.45) is 1.00. The van der Waals surface area contributed by atoms with Gasteiger partial charge in [0.1, 0.15) is 11.5 Å². The van der Waals surface area contributed by atoms with Crippen molar-refractivity contribution >= 4 is 5.97 Å². The van der Waals surface area contributed by atoms with E-state index in [9.17, 15) is 4.79 Å². The van der Waals surface area contributed by atoms with Gasteiger partial charge in [-0.3, -0.25) is 0 Å². The summed E-state index contributed by atoms with van der Waals surface area (Å²) in [5.41, 5.74) is 0. The highest BCUT2D eigenvalue weighted by Crippen LogP contribution is 2.17. The number of hydrogen-bond acceptors (Lipinski definition) is 4. The van der Waals surface area contributed by atoms with E-state index in [0.717, 1.165) is 6.08 Å². The molecule has 0 heterocycles. The van der Waals surface area contributed by atoms with Crippen LogP contribution in [0.1, 0.15) is 6.92 Å². The minimum absolute atomic E-state index is 0.0893. The van der Waals surface area contributed by atoms with Crippen molar-refractivity contribution < 1.29 is 19.4 Å². The van der Waals surface area contributed by atoms with Crippen LogP contribution in [0.2, 0.25) is 0 Å². The summed E-state index contributed by atoms with van der Waals surface area (Å²) in [4.78, 5) is 11.1. The van der Waals surface area contributed by atoms with E-state index in [2.05, 4.69) is 0 Å². The van der Waals surface area contributed by atoms with Crippen molar-refractivity contribution in [1.82, 2.24) is 0 Å². The molecule has 0 fully saturated rings. The number of aliphatic hydroxyl groups is 1. The number of ether oxygens (including phenoxy) is 2. The number of benzene rings is 1. The zero-order chi connectivity index (χ0) is 11.3. The molecular weight excluding hydrogens is 196 g/mol. The van der Waals surface area contributed by atoms with Gasteiger partial charge in [0, 0.05) is 0 Å². The number of esters is 1. The molecule has 1 rings (SSSR count). The van der Waals surface area contributed by atoms with Crippen molar-refractivity contribution in [3.8, 4) is 11.5 Å². The van der Waals surface area contributed by atoms with Crippen molar-refractivity contribution in [3.63, 3.8) is 0 Å². The molecule has 1 N–H and O–H groups in total. The number of allylic oxidation sites excluding steroid dienone is 1. The van der Waals surface area contributed by atoms with Crippen LogP contribution in [0.15, 0.2) is 36.1 Å². The van der Waals surface area contributed by atoms with Crippen LogP contribution < -0.4 is 9.47 Å². The molecule has 1 aromatic carbocycles. The van der Waals surface area contributed by atoms with Gasteiger partial charge in [-0.05, 0) is 31.2 Å². The lowest BCUT2D eigenvalue weighted by Crippen LogP contribution is -2.04. The largest absolute Gasteiger partial charge is 0.512 e. The van der Waals surface area contributed by atoms with Crippen molar-refractivity contribution in [2.24, 2.45) is 0 Å². The zero-order valence-electron chi connectivity index (χ0n) is 8.56. The molecule has 80 valence electrons. The maximum absolute atomic E-state index is 11.1. The van der Waals surface area contributed by atoms with Gasteiger partial charge < -0.3 is 14.6 Å². The van der Waals surface area contributed by atoms with Crippen LogP contribution in [-0.2, 0) is 4.79 Å². The van der Waals surface area contributed by atoms with Crippen LogP contribution in [0.25, 0.3) is 0 Å². The Morgan fingerprint density at radius 2 is 1.80 bits per heavy atom. The third-order valence-electron chi connectivity index (χ3n) is 1.60. The second-order valence-electron chi connectivity index (χ2n) is 2.88. The van der Waals surface area contributed by atoms with E-state index < -0.39 is 5.97 Å². The molecule has 0 spiro atoms. The summed E-state index contributed by atoms with van der Waals surface area (Å²) in [6, 6.07) is 6.57. The predicted octanol–water partition coefficient (Wildman–Crippen LogP) is 2.06. The van der Waals surface area contributed by atoms with Gasteiger partial charge in [-0.1, -0.05) is 0 Å². The molecule has 1 aromatic rings. The Bertz CT molecular complexity index is 361. The van der Waals surface area contributed by atoms with Crippen LogP contribution >= 0.6 is 0 Å². The summed E-state index contributed by atoms with van der Waals surface area (Å²) < 4.78 is 9.84. The first-order valence-corrected chi connectivity index (χ1v) is 4.35. The first-order chi connectivity index (χ1) is 7.11. The van der Waals surface area contributed by atoms with Gasteiger partial charge >= 0.3 is 5.97 Å². The average molecular weight is 208 g/mol. The minimum atomic E-state index is -0.611. The lowest BCUT2D eigenvalue weighted by Gasteiger charge is -2.02. The highest BCUT2D eigenvalue weighted by atomic mass is 16.5. The molecule has 0 saturated heterocycles. The van der Waals surface area contributed by atoms with Crippen molar-refractivity contribution in [1.29, 1.82) is 0 Å². The molecule has 0 amide bonds. The summed E-state index contributed by atoms with van der Waals surface area (Å²) in [6.45, 7) is 1.40. The third-order valence-corrected chi connectivity index (χ3v) is 1.60. The van der Waals surface area contributed by atoms with E-state index in [1.54, 1.807) is 31.4 Å². The Kier molecular flexibility index (Phi) is 3.74. The molecule has 0 radical (unpaired) electrons. The highest BCUT2D eigenvalue weighted by molar-refractivity contribution is 5.84. The molecule has 0 bridgehead atoms. The summed E-state index contributed by atoms with van der Waals surface area (Å²) >= 11 is 0. The van der Waals surface area contributed by atoms with E-state index in [4.69, 9.17) is 14.6 Å². The van der Waals surface area contributed by atoms with Gasteiger partial charge in [-0.2, -0.15) is 0 Å². The van der Waals surface area contributed by atoms with Crippen LogP contribution in [-0.4, -0.2) is 18.2 Å². The molecule has 4 heteroatoms. The van der Waals surface area contributed by atoms with Crippen LogP contribution in [0.5, 0.6) is 11.5 Å². The van der Waals surface area contributed by atoms with E-state index in [1.165, 1.54) is 6.92 Å². The minimum Gasteiger partial charge on any atom is -0.512 e. The van der Waals surface area contributed by atoms with Gasteiger partial charge in [0.25, 0.3) is 0 Å². The molecule has 4 nitrogen and oxygen atoms in total. The van der Waals surface area contributed by atoms with E-state index in [1.807, 2.05) is 0 Å². The van der Waals surface area contributed by atoms with Gasteiger partial charge in [0.05, 0.1) is 18.9 Å². The summed E-state index contributed by atoms with van der Waals surface area (Å²) in [5.74, 6) is 0.385. The van der Waals surface area contributed by atoms with Crippen molar-refractivity contribution in [2.45, 2.75) is 6.92 Å². The van der Waals surface area contributed by atoms with Crippen LogP contribution in [0, 0.1) is 0 Å². The standard InChI is InChI=1S/C11H12O4/c1-8(12)7-11(13)15-10-5-3-9(14-2)4-6-10/h3-7,12H,1-2H3/b8-7-. The van der Waals surface area contributed by atoms with Gasteiger partial charge in [-0.25, -0.2) is 4.79 Å². The quantitative estimate of drug-likeness (QED) is 0.357. The van der Waals surface area contributed by atoms with Gasteiger partial charge in [-0.15, -0.1) is 0 Å². The summed E-state index contributed by atoms with van der Waals surface area (Å²) in [5, 5.41) is 8.82. The van der Waals surface area contributed by atoms with E-state index in [-0.39, 0.29) is 5.76 Å². The fraction of sp³-hybridized carbons (Fsp3) is 0.182. The van der Waals surface area contributed by atoms with Crippen molar-refractivity contribution in [3.05, 3.63) is 36.1 Å². The Labute approximate surface area is 87.7 Å². The molecule has 0 aliphatic heterocycles. The molecule has 0 aliphatic carbocycles. The highest BCUT2D eigenvalue weighted by Gasteiger charge is 2.01. The fourth-order valence-electron chi connectivity index (χ4n) is 0.960. The number of aliphatic hydroxyl groups excluding tert-OH is 1. The topological polar surface area (TPSA) is 55.8 Å². The number of carbonyl (C=O) groups excluding carboxylic acids is 1. The molecule has 0 aromatic heterocycles. The van der Waals surface area contributed by atoms with Gasteiger partial charge in [0.15, 0.2) is 0 Å². The first kappa shape index (κ1) is 11.1. The van der Waals surface area contributed by atoms with E-state index >= 15 is 0 Å².